The van der Waals surface area contributed by atoms with Gasteiger partial charge in [-0.3, -0.25) is 4.79 Å². The molecule has 1 aromatic carbocycles. The second kappa shape index (κ2) is 7.74. The van der Waals surface area contributed by atoms with Crippen molar-refractivity contribution in [2.75, 3.05) is 6.54 Å². The molecule has 4 nitrogen and oxygen atoms in total. The van der Waals surface area contributed by atoms with Gasteiger partial charge in [-0.15, -0.1) is 0 Å². The number of H-pyrrole nitrogens is 1. The van der Waals surface area contributed by atoms with E-state index in [2.05, 4.69) is 46.5 Å². The smallest absolute Gasteiger partial charge is 0.251 e. The Morgan fingerprint density at radius 2 is 2.00 bits per heavy atom. The molecular weight excluding hydrogens is 262 g/mol. The molecular formula is C17H23N3O. The van der Waals surface area contributed by atoms with Gasteiger partial charge in [-0.1, -0.05) is 30.3 Å². The average Bonchev–Trinajstić information content (AvgIpc) is 2.45. The molecule has 0 spiro atoms. The Labute approximate surface area is 125 Å². The summed E-state index contributed by atoms with van der Waals surface area (Å²) in [4.78, 5) is 18.5. The fourth-order valence-electron chi connectivity index (χ4n) is 2.33. The molecule has 2 N–H and O–H groups in total. The lowest BCUT2D eigenvalue weighted by Gasteiger charge is -2.13. The van der Waals surface area contributed by atoms with Crippen LogP contribution in [0.25, 0.3) is 0 Å². The van der Waals surface area contributed by atoms with Gasteiger partial charge in [-0.2, -0.15) is 0 Å². The molecule has 4 heteroatoms. The number of nitrogens with one attached hydrogen (secondary N) is 2. The van der Waals surface area contributed by atoms with E-state index in [4.69, 9.17) is 0 Å². The summed E-state index contributed by atoms with van der Waals surface area (Å²) in [6.45, 7) is 4.85. The summed E-state index contributed by atoms with van der Waals surface area (Å²) >= 11 is 0. The molecule has 0 radical (unpaired) electrons. The van der Waals surface area contributed by atoms with Crippen molar-refractivity contribution in [3.63, 3.8) is 0 Å². The fraction of sp³-hybridized carbons (Fsp3) is 0.412. The first-order valence-electron chi connectivity index (χ1n) is 7.47. The van der Waals surface area contributed by atoms with Crippen molar-refractivity contribution in [3.05, 3.63) is 63.8 Å². The molecule has 21 heavy (non-hydrogen) atoms. The lowest BCUT2D eigenvalue weighted by molar-refractivity contribution is 0.513. The molecule has 1 aromatic heterocycles. The van der Waals surface area contributed by atoms with Crippen LogP contribution in [0.4, 0.5) is 0 Å². The molecule has 0 bridgehead atoms. The molecule has 1 atom stereocenters. The maximum atomic E-state index is 11.4. The minimum absolute atomic E-state index is 0.0744. The third-order valence-corrected chi connectivity index (χ3v) is 3.48. The number of nitrogens with zero attached hydrogens (tertiary/aromatic N) is 1. The van der Waals surface area contributed by atoms with Crippen LogP contribution in [-0.2, 0) is 12.8 Å². The van der Waals surface area contributed by atoms with Gasteiger partial charge < -0.3 is 10.3 Å². The van der Waals surface area contributed by atoms with E-state index in [1.54, 1.807) is 0 Å². The third kappa shape index (κ3) is 5.52. The quantitative estimate of drug-likeness (QED) is 0.820. The molecule has 0 saturated heterocycles. The molecule has 0 amide bonds. The minimum atomic E-state index is -0.0744. The summed E-state index contributed by atoms with van der Waals surface area (Å²) in [5.41, 5.74) is 2.07. The normalized spacial score (nSPS) is 12.3. The highest BCUT2D eigenvalue weighted by Crippen LogP contribution is 2.04. The van der Waals surface area contributed by atoms with Gasteiger partial charge in [-0.05, 0) is 32.3 Å². The Kier molecular flexibility index (Phi) is 5.69. The van der Waals surface area contributed by atoms with Gasteiger partial charge in [0.15, 0.2) is 0 Å². The number of aromatic amines is 1. The van der Waals surface area contributed by atoms with E-state index in [1.165, 1.54) is 11.6 Å². The van der Waals surface area contributed by atoms with Crippen LogP contribution in [0.2, 0.25) is 0 Å². The zero-order valence-corrected chi connectivity index (χ0v) is 12.7. The molecule has 0 fully saturated rings. The topological polar surface area (TPSA) is 57.8 Å². The van der Waals surface area contributed by atoms with Crippen LogP contribution in [0.1, 0.15) is 30.4 Å². The highest BCUT2D eigenvalue weighted by atomic mass is 16.1. The number of rotatable bonds is 7. The maximum absolute atomic E-state index is 11.4. The van der Waals surface area contributed by atoms with Crippen LogP contribution < -0.4 is 10.9 Å². The summed E-state index contributed by atoms with van der Waals surface area (Å²) < 4.78 is 0. The van der Waals surface area contributed by atoms with E-state index >= 15 is 0 Å². The van der Waals surface area contributed by atoms with Crippen molar-refractivity contribution >= 4 is 0 Å². The summed E-state index contributed by atoms with van der Waals surface area (Å²) in [5, 5.41) is 3.48. The second-order valence-electron chi connectivity index (χ2n) is 5.46. The van der Waals surface area contributed by atoms with E-state index in [1.807, 2.05) is 13.0 Å². The Hall–Kier alpha value is -1.94. The fourth-order valence-corrected chi connectivity index (χ4v) is 2.33. The van der Waals surface area contributed by atoms with Crippen LogP contribution >= 0.6 is 0 Å². The minimum Gasteiger partial charge on any atom is -0.314 e. The molecule has 0 aliphatic heterocycles. The van der Waals surface area contributed by atoms with Crippen molar-refractivity contribution < 1.29 is 0 Å². The molecule has 2 aromatic rings. The Morgan fingerprint density at radius 1 is 1.24 bits per heavy atom. The van der Waals surface area contributed by atoms with Gasteiger partial charge in [0.1, 0.15) is 5.82 Å². The van der Waals surface area contributed by atoms with E-state index < -0.39 is 0 Å². The van der Waals surface area contributed by atoms with Crippen LogP contribution in [0.15, 0.2) is 41.2 Å². The van der Waals surface area contributed by atoms with Gasteiger partial charge in [0.2, 0.25) is 0 Å². The van der Waals surface area contributed by atoms with Gasteiger partial charge in [0.25, 0.3) is 5.56 Å². The zero-order valence-electron chi connectivity index (χ0n) is 12.7. The van der Waals surface area contributed by atoms with Crippen molar-refractivity contribution in [1.29, 1.82) is 0 Å². The molecule has 0 aliphatic carbocycles. The molecule has 2 rings (SSSR count). The monoisotopic (exact) mass is 285 g/mol. The van der Waals surface area contributed by atoms with Crippen LogP contribution in [0.3, 0.4) is 0 Å². The largest absolute Gasteiger partial charge is 0.314 e. The standard InChI is InChI=1S/C17H23N3O/c1-13(8-9-15-6-4-3-5-7-15)18-11-10-16-19-14(2)12-17(21)20-16/h3-7,12-13,18H,8-11H2,1-2H3,(H,19,20,21). The number of hydrogen-bond acceptors (Lipinski definition) is 3. The van der Waals surface area contributed by atoms with Gasteiger partial charge in [-0.25, -0.2) is 4.98 Å². The summed E-state index contributed by atoms with van der Waals surface area (Å²) in [5.74, 6) is 0.753. The molecule has 1 heterocycles. The number of aryl methyl sites for hydroxylation is 2. The van der Waals surface area contributed by atoms with Crippen molar-refractivity contribution in [2.24, 2.45) is 0 Å². The lowest BCUT2D eigenvalue weighted by Crippen LogP contribution is -2.29. The van der Waals surface area contributed by atoms with Gasteiger partial charge in [0.05, 0.1) is 0 Å². The Bertz CT molecular complexity index is 607. The van der Waals surface area contributed by atoms with Gasteiger partial charge >= 0.3 is 0 Å². The molecule has 112 valence electrons. The molecule has 0 aliphatic rings. The first-order chi connectivity index (χ1) is 10.1. The van der Waals surface area contributed by atoms with E-state index in [-0.39, 0.29) is 5.56 Å². The summed E-state index contributed by atoms with van der Waals surface area (Å²) in [6.07, 6.45) is 2.92. The number of aromatic nitrogens is 2. The van der Waals surface area contributed by atoms with Crippen molar-refractivity contribution in [3.8, 4) is 0 Å². The SMILES string of the molecule is Cc1cc(=O)[nH]c(CCNC(C)CCc2ccccc2)n1. The van der Waals surface area contributed by atoms with Crippen molar-refractivity contribution in [1.82, 2.24) is 15.3 Å². The lowest BCUT2D eigenvalue weighted by atomic mass is 10.1. The molecule has 0 saturated carbocycles. The number of hydrogen-bond donors (Lipinski definition) is 2. The molecule has 1 unspecified atom stereocenters. The van der Waals surface area contributed by atoms with Crippen LogP contribution in [-0.4, -0.2) is 22.6 Å². The highest BCUT2D eigenvalue weighted by Gasteiger charge is 2.03. The first kappa shape index (κ1) is 15.4. The Morgan fingerprint density at radius 3 is 2.71 bits per heavy atom. The van der Waals surface area contributed by atoms with Crippen molar-refractivity contribution in [2.45, 2.75) is 39.2 Å². The van der Waals surface area contributed by atoms with E-state index in [0.29, 0.717) is 6.04 Å². The average molecular weight is 285 g/mol. The Balaban J connectivity index is 1.71. The predicted molar refractivity (Wildman–Crippen MR) is 85.5 cm³/mol. The van der Waals surface area contributed by atoms with Crippen LogP contribution in [0, 0.1) is 6.92 Å². The summed E-state index contributed by atoms with van der Waals surface area (Å²) in [7, 11) is 0. The third-order valence-electron chi connectivity index (χ3n) is 3.48. The maximum Gasteiger partial charge on any atom is 0.251 e. The second-order valence-corrected chi connectivity index (χ2v) is 5.46. The highest BCUT2D eigenvalue weighted by molar-refractivity contribution is 5.14. The van der Waals surface area contributed by atoms with Gasteiger partial charge in [0, 0.05) is 30.8 Å². The van der Waals surface area contributed by atoms with Crippen LogP contribution in [0.5, 0.6) is 0 Å². The van der Waals surface area contributed by atoms with E-state index in [9.17, 15) is 4.79 Å². The summed E-state index contributed by atoms with van der Waals surface area (Å²) in [6, 6.07) is 12.5. The predicted octanol–water partition coefficient (Wildman–Crippen LogP) is 2.23. The number of benzene rings is 1. The zero-order chi connectivity index (χ0) is 15.1. The van der Waals surface area contributed by atoms with E-state index in [0.717, 1.165) is 37.3 Å². The first-order valence-corrected chi connectivity index (χ1v) is 7.47.